The van der Waals surface area contributed by atoms with E-state index in [4.69, 9.17) is 0 Å². The Morgan fingerprint density at radius 3 is 2.30 bits per heavy atom. The summed E-state index contributed by atoms with van der Waals surface area (Å²) in [5.74, 6) is 0.303. The van der Waals surface area contributed by atoms with Crippen LogP contribution in [0.25, 0.3) is 10.9 Å². The summed E-state index contributed by atoms with van der Waals surface area (Å²) >= 11 is 0. The predicted molar refractivity (Wildman–Crippen MR) is 115 cm³/mol. The van der Waals surface area contributed by atoms with Gasteiger partial charge in [-0.1, -0.05) is 65.8 Å². The van der Waals surface area contributed by atoms with Gasteiger partial charge in [-0.25, -0.2) is 0 Å². The lowest BCUT2D eigenvalue weighted by molar-refractivity contribution is 0.444. The summed E-state index contributed by atoms with van der Waals surface area (Å²) in [6.07, 6.45) is 3.53. The molecule has 0 saturated carbocycles. The van der Waals surface area contributed by atoms with E-state index in [0.29, 0.717) is 5.75 Å². The van der Waals surface area contributed by atoms with E-state index < -0.39 is 0 Å². The molecule has 1 N–H and O–H groups in total. The molecule has 1 aromatic heterocycles. The molecule has 0 amide bonds. The van der Waals surface area contributed by atoms with Crippen molar-refractivity contribution in [3.63, 3.8) is 0 Å². The third-order valence-electron chi connectivity index (χ3n) is 4.78. The number of pyridine rings is 1. The molecule has 3 heteroatoms. The molecule has 2 aromatic carbocycles. The first-order valence-corrected chi connectivity index (χ1v) is 9.33. The molecule has 0 saturated heterocycles. The van der Waals surface area contributed by atoms with E-state index in [2.05, 4.69) is 57.6 Å². The number of aromatic nitrogens is 1. The normalized spacial score (nSPS) is 12.8. The topological polar surface area (TPSA) is 45.5 Å². The number of para-hydroxylation sites is 1. The number of nitrogens with zero attached hydrogens (tertiary/aromatic N) is 2. The number of rotatable bonds is 2. The average Bonchev–Trinajstić information content (AvgIpc) is 2.58. The van der Waals surface area contributed by atoms with Crippen LogP contribution in [0.1, 0.15) is 58.2 Å². The Morgan fingerprint density at radius 1 is 0.926 bits per heavy atom. The maximum absolute atomic E-state index is 10.9. The molecule has 0 atom stereocenters. The van der Waals surface area contributed by atoms with E-state index in [9.17, 15) is 5.11 Å². The molecule has 140 valence electrons. The maximum Gasteiger partial charge on any atom is 0.128 e. The fourth-order valence-corrected chi connectivity index (χ4v) is 3.09. The van der Waals surface area contributed by atoms with Crippen LogP contribution in [0.15, 0.2) is 53.7 Å². The number of benzene rings is 2. The van der Waals surface area contributed by atoms with Gasteiger partial charge in [-0.3, -0.25) is 9.98 Å². The fraction of sp³-hybridized carbons (Fsp3) is 0.333. The van der Waals surface area contributed by atoms with Gasteiger partial charge in [0, 0.05) is 28.9 Å². The highest BCUT2D eigenvalue weighted by Crippen LogP contribution is 2.37. The summed E-state index contributed by atoms with van der Waals surface area (Å²) in [6.45, 7) is 12.9. The van der Waals surface area contributed by atoms with Gasteiger partial charge in [0.25, 0.3) is 0 Å². The summed E-state index contributed by atoms with van der Waals surface area (Å²) in [4.78, 5) is 9.07. The van der Waals surface area contributed by atoms with E-state index in [1.165, 1.54) is 5.56 Å². The Hall–Kier alpha value is -2.68. The second kappa shape index (κ2) is 6.80. The number of hydrogen-bond acceptors (Lipinski definition) is 3. The van der Waals surface area contributed by atoms with Gasteiger partial charge in [-0.2, -0.15) is 0 Å². The second-order valence-electron chi connectivity index (χ2n) is 9.07. The highest BCUT2D eigenvalue weighted by molar-refractivity contribution is 5.94. The standard InChI is InChI=1S/C24H28N2O/c1-23(2,3)17-13-16(22(27)19(14-17)24(4,5)6)15-26-21-11-12-25-20-10-8-7-9-18(20)21/h7-15,27H,1-6H3. The molecule has 3 rings (SSSR count). The van der Waals surface area contributed by atoms with Gasteiger partial charge in [0.15, 0.2) is 0 Å². The van der Waals surface area contributed by atoms with E-state index in [1.54, 1.807) is 12.4 Å². The van der Waals surface area contributed by atoms with Crippen LogP contribution in [-0.4, -0.2) is 16.3 Å². The van der Waals surface area contributed by atoms with Crippen LogP contribution in [0.2, 0.25) is 0 Å². The van der Waals surface area contributed by atoms with Gasteiger partial charge in [-0.05, 0) is 34.6 Å². The van der Waals surface area contributed by atoms with Gasteiger partial charge < -0.3 is 5.11 Å². The Kier molecular flexibility index (Phi) is 4.81. The van der Waals surface area contributed by atoms with Crippen molar-refractivity contribution < 1.29 is 5.11 Å². The molecule has 0 fully saturated rings. The monoisotopic (exact) mass is 360 g/mol. The smallest absolute Gasteiger partial charge is 0.128 e. The molecule has 3 nitrogen and oxygen atoms in total. The Morgan fingerprint density at radius 2 is 1.63 bits per heavy atom. The first-order valence-electron chi connectivity index (χ1n) is 9.33. The van der Waals surface area contributed by atoms with Gasteiger partial charge in [0.1, 0.15) is 5.75 Å². The molecule has 0 radical (unpaired) electrons. The number of phenols is 1. The van der Waals surface area contributed by atoms with Crippen LogP contribution >= 0.6 is 0 Å². The second-order valence-corrected chi connectivity index (χ2v) is 9.07. The highest BCUT2D eigenvalue weighted by atomic mass is 16.3. The van der Waals surface area contributed by atoms with Crippen LogP contribution in [0.3, 0.4) is 0 Å². The van der Waals surface area contributed by atoms with Crippen LogP contribution in [0.4, 0.5) is 5.69 Å². The van der Waals surface area contributed by atoms with Gasteiger partial charge in [0.05, 0.1) is 11.2 Å². The minimum Gasteiger partial charge on any atom is -0.507 e. The van der Waals surface area contributed by atoms with Crippen LogP contribution < -0.4 is 0 Å². The molecule has 0 aliphatic carbocycles. The zero-order chi connectivity index (χ0) is 19.8. The molecule has 0 aliphatic rings. The van der Waals surface area contributed by atoms with Gasteiger partial charge in [0.2, 0.25) is 0 Å². The third-order valence-corrected chi connectivity index (χ3v) is 4.78. The molecule has 0 bridgehead atoms. The zero-order valence-electron chi connectivity index (χ0n) is 17.0. The minimum absolute atomic E-state index is 0.0142. The van der Waals surface area contributed by atoms with Crippen molar-refractivity contribution in [2.45, 2.75) is 52.4 Å². The quantitative estimate of drug-likeness (QED) is 0.546. The molecule has 0 unspecified atom stereocenters. The average molecular weight is 361 g/mol. The van der Waals surface area contributed by atoms with Crippen molar-refractivity contribution in [2.75, 3.05) is 0 Å². The van der Waals surface area contributed by atoms with E-state index in [-0.39, 0.29) is 10.8 Å². The summed E-state index contributed by atoms with van der Waals surface area (Å²) < 4.78 is 0. The van der Waals surface area contributed by atoms with Crippen LogP contribution in [0, 0.1) is 0 Å². The third kappa shape index (κ3) is 4.02. The van der Waals surface area contributed by atoms with E-state index in [0.717, 1.165) is 27.7 Å². The molecular weight excluding hydrogens is 332 g/mol. The first-order chi connectivity index (χ1) is 12.6. The van der Waals surface area contributed by atoms with Crippen molar-refractivity contribution in [2.24, 2.45) is 4.99 Å². The van der Waals surface area contributed by atoms with Gasteiger partial charge >= 0.3 is 0 Å². The van der Waals surface area contributed by atoms with E-state index in [1.807, 2.05) is 36.4 Å². The summed E-state index contributed by atoms with van der Waals surface area (Å²) in [5.41, 5.74) is 4.46. The molecule has 27 heavy (non-hydrogen) atoms. The zero-order valence-corrected chi connectivity index (χ0v) is 17.0. The molecule has 1 heterocycles. The Balaban J connectivity index is 2.14. The fourth-order valence-electron chi connectivity index (χ4n) is 3.09. The summed E-state index contributed by atoms with van der Waals surface area (Å²) in [6, 6.07) is 14.0. The minimum atomic E-state index is -0.155. The lowest BCUT2D eigenvalue weighted by atomic mass is 9.79. The predicted octanol–water partition coefficient (Wildman–Crippen LogP) is 6.29. The number of fused-ring (bicyclic) bond motifs is 1. The van der Waals surface area contributed by atoms with Gasteiger partial charge in [-0.15, -0.1) is 0 Å². The lowest BCUT2D eigenvalue weighted by Gasteiger charge is -2.27. The number of aliphatic imine (C=N–C) groups is 1. The summed E-state index contributed by atoms with van der Waals surface area (Å²) in [7, 11) is 0. The first kappa shape index (κ1) is 19.1. The van der Waals surface area contributed by atoms with Crippen molar-refractivity contribution in [3.05, 3.63) is 65.4 Å². The number of phenolic OH excluding ortho intramolecular Hbond substituents is 1. The Bertz CT molecular complexity index is 1000. The van der Waals surface area contributed by atoms with Crippen molar-refractivity contribution >= 4 is 22.8 Å². The SMILES string of the molecule is CC(C)(C)c1cc(C=Nc2ccnc3ccccc23)c(O)c(C(C)(C)C)c1. The molecule has 3 aromatic rings. The summed E-state index contributed by atoms with van der Waals surface area (Å²) in [5, 5.41) is 11.9. The van der Waals surface area contributed by atoms with E-state index >= 15 is 0 Å². The molecular formula is C24H28N2O. The van der Waals surface area contributed by atoms with Crippen LogP contribution in [0.5, 0.6) is 5.75 Å². The Labute approximate surface area is 161 Å². The molecule has 0 spiro atoms. The van der Waals surface area contributed by atoms with Crippen LogP contribution in [-0.2, 0) is 10.8 Å². The van der Waals surface area contributed by atoms with Crippen molar-refractivity contribution in [1.82, 2.24) is 4.98 Å². The van der Waals surface area contributed by atoms with Crippen molar-refractivity contribution in [3.8, 4) is 5.75 Å². The lowest BCUT2D eigenvalue weighted by Crippen LogP contribution is -2.17. The number of aromatic hydroxyl groups is 1. The molecule has 0 aliphatic heterocycles. The maximum atomic E-state index is 10.9. The van der Waals surface area contributed by atoms with Crippen molar-refractivity contribution in [1.29, 1.82) is 0 Å². The number of hydrogen-bond donors (Lipinski definition) is 1. The largest absolute Gasteiger partial charge is 0.507 e. The highest BCUT2D eigenvalue weighted by Gasteiger charge is 2.24.